The molecule has 12 heteroatoms. The second-order valence-electron chi connectivity index (χ2n) is 13.1. The molecule has 42 heavy (non-hydrogen) atoms. The Bertz CT molecular complexity index is 1510. The molecule has 3 aromatic rings. The summed E-state index contributed by atoms with van der Waals surface area (Å²) in [6.07, 6.45) is 2.08. The van der Waals surface area contributed by atoms with Gasteiger partial charge in [-0.05, 0) is 63.0 Å². The van der Waals surface area contributed by atoms with Gasteiger partial charge in [-0.25, -0.2) is 4.68 Å². The average Bonchev–Trinajstić information content (AvgIpc) is 3.56. The number of alkyl halides is 3. The molecule has 3 aliphatic rings. The first-order valence-corrected chi connectivity index (χ1v) is 15.1. The molecule has 228 valence electrons. The summed E-state index contributed by atoms with van der Waals surface area (Å²) < 4.78 is 49.5. The zero-order valence-corrected chi connectivity index (χ0v) is 24.9. The Balaban J connectivity index is 1.28. The molecule has 0 aromatic carbocycles. The fourth-order valence-corrected chi connectivity index (χ4v) is 6.80. The zero-order valence-electron chi connectivity index (χ0n) is 24.9. The molecule has 0 radical (unpaired) electrons. The standard InChI is InChI=1S/C30H40F3N7O2/c1-5-39-26(41)23-24(28(2,3)4)36-40(22-8-6-7-17-42-22)25(23)35-27(39)37-14-10-29(11-15-37)12-16-38(19-29)20-9-13-34-21(18-20)30(31,32)33/h9,13,18,22H,5-8,10-12,14-17,19H2,1-4H3. The van der Waals surface area contributed by atoms with Crippen LogP contribution in [0.15, 0.2) is 23.1 Å². The van der Waals surface area contributed by atoms with Crippen LogP contribution in [0.3, 0.4) is 0 Å². The largest absolute Gasteiger partial charge is 0.433 e. The van der Waals surface area contributed by atoms with E-state index in [1.54, 1.807) is 10.6 Å². The summed E-state index contributed by atoms with van der Waals surface area (Å²) in [7, 11) is 0. The molecule has 0 N–H and O–H groups in total. The third-order valence-electron chi connectivity index (χ3n) is 9.19. The quantitative estimate of drug-likeness (QED) is 0.398. The molecule has 0 amide bonds. The zero-order chi connectivity index (χ0) is 29.9. The number of ether oxygens (including phenoxy) is 1. The van der Waals surface area contributed by atoms with Gasteiger partial charge >= 0.3 is 6.18 Å². The molecule has 6 rings (SSSR count). The number of hydrogen-bond donors (Lipinski definition) is 0. The van der Waals surface area contributed by atoms with Crippen molar-refractivity contribution in [2.45, 2.75) is 90.6 Å². The summed E-state index contributed by atoms with van der Waals surface area (Å²) in [6.45, 7) is 12.2. The topological polar surface area (TPSA) is 81.3 Å². The number of rotatable bonds is 4. The van der Waals surface area contributed by atoms with Crippen LogP contribution in [0.2, 0.25) is 0 Å². The van der Waals surface area contributed by atoms with Crippen molar-refractivity contribution < 1.29 is 17.9 Å². The molecular formula is C30H40F3N7O2. The number of anilines is 2. The number of fused-ring (bicyclic) bond motifs is 1. The van der Waals surface area contributed by atoms with E-state index >= 15 is 0 Å². The van der Waals surface area contributed by atoms with E-state index in [-0.39, 0.29) is 22.6 Å². The first kappa shape index (κ1) is 28.9. The molecule has 0 bridgehead atoms. The summed E-state index contributed by atoms with van der Waals surface area (Å²) in [5, 5.41) is 5.51. The van der Waals surface area contributed by atoms with E-state index in [0.29, 0.717) is 48.9 Å². The van der Waals surface area contributed by atoms with E-state index < -0.39 is 11.9 Å². The number of nitrogens with zero attached hydrogens (tertiary/aromatic N) is 7. The predicted molar refractivity (Wildman–Crippen MR) is 155 cm³/mol. The van der Waals surface area contributed by atoms with Crippen molar-refractivity contribution in [1.29, 1.82) is 0 Å². The van der Waals surface area contributed by atoms with Crippen LogP contribution in [0.1, 0.15) is 83.8 Å². The maximum Gasteiger partial charge on any atom is 0.433 e. The van der Waals surface area contributed by atoms with Crippen molar-refractivity contribution in [3.8, 4) is 0 Å². The van der Waals surface area contributed by atoms with Crippen molar-refractivity contribution >= 4 is 22.7 Å². The highest BCUT2D eigenvalue weighted by Gasteiger charge is 2.42. The van der Waals surface area contributed by atoms with Crippen LogP contribution in [0, 0.1) is 5.41 Å². The summed E-state index contributed by atoms with van der Waals surface area (Å²) in [5.74, 6) is 0.654. The maximum atomic E-state index is 14.0. The maximum absolute atomic E-state index is 14.0. The van der Waals surface area contributed by atoms with E-state index in [1.807, 2.05) is 11.6 Å². The molecule has 0 saturated carbocycles. The van der Waals surface area contributed by atoms with Crippen molar-refractivity contribution in [3.63, 3.8) is 0 Å². The normalized spacial score (nSPS) is 21.5. The Kier molecular flexibility index (Phi) is 7.26. The number of hydrogen-bond acceptors (Lipinski definition) is 7. The number of halogens is 3. The van der Waals surface area contributed by atoms with Gasteiger partial charge in [0.15, 0.2) is 11.9 Å². The highest BCUT2D eigenvalue weighted by molar-refractivity contribution is 5.80. The van der Waals surface area contributed by atoms with E-state index in [0.717, 1.165) is 63.4 Å². The van der Waals surface area contributed by atoms with Crippen LogP contribution in [0.4, 0.5) is 24.8 Å². The number of pyridine rings is 1. The Morgan fingerprint density at radius 1 is 1.07 bits per heavy atom. The average molecular weight is 588 g/mol. The Morgan fingerprint density at radius 3 is 2.40 bits per heavy atom. The summed E-state index contributed by atoms with van der Waals surface area (Å²) in [6, 6.07) is 2.81. The van der Waals surface area contributed by atoms with Crippen LogP contribution < -0.4 is 15.4 Å². The minimum Gasteiger partial charge on any atom is -0.371 e. The minimum absolute atomic E-state index is 0.0106. The first-order valence-electron chi connectivity index (χ1n) is 15.1. The van der Waals surface area contributed by atoms with Gasteiger partial charge in [0.1, 0.15) is 11.1 Å². The molecule has 3 aromatic heterocycles. The summed E-state index contributed by atoms with van der Waals surface area (Å²) in [5.41, 5.74) is 0.631. The second kappa shape index (κ2) is 10.5. The fourth-order valence-electron chi connectivity index (χ4n) is 6.80. The van der Waals surface area contributed by atoms with E-state index in [9.17, 15) is 18.0 Å². The molecule has 3 saturated heterocycles. The minimum atomic E-state index is -4.46. The predicted octanol–water partition coefficient (Wildman–Crippen LogP) is 5.52. The Morgan fingerprint density at radius 2 is 1.79 bits per heavy atom. The van der Waals surface area contributed by atoms with Crippen LogP contribution >= 0.6 is 0 Å². The third-order valence-corrected chi connectivity index (χ3v) is 9.19. The molecular weight excluding hydrogens is 547 g/mol. The highest BCUT2D eigenvalue weighted by atomic mass is 19.4. The van der Waals surface area contributed by atoms with Crippen LogP contribution in [0.25, 0.3) is 11.0 Å². The van der Waals surface area contributed by atoms with Crippen molar-refractivity contribution in [2.75, 3.05) is 42.6 Å². The summed E-state index contributed by atoms with van der Waals surface area (Å²) in [4.78, 5) is 26.9. The second-order valence-corrected chi connectivity index (χ2v) is 13.1. The highest BCUT2D eigenvalue weighted by Crippen LogP contribution is 2.43. The van der Waals surface area contributed by atoms with Gasteiger partial charge in [-0.15, -0.1) is 0 Å². The lowest BCUT2D eigenvalue weighted by Gasteiger charge is -2.40. The van der Waals surface area contributed by atoms with Crippen molar-refractivity contribution in [2.24, 2.45) is 5.41 Å². The molecule has 6 heterocycles. The third kappa shape index (κ3) is 5.16. The lowest BCUT2D eigenvalue weighted by atomic mass is 9.78. The van der Waals surface area contributed by atoms with E-state index in [4.69, 9.17) is 14.8 Å². The molecule has 1 atom stereocenters. The first-order chi connectivity index (χ1) is 19.9. The number of aromatic nitrogens is 5. The van der Waals surface area contributed by atoms with Crippen molar-refractivity contribution in [3.05, 3.63) is 40.1 Å². The van der Waals surface area contributed by atoms with Gasteiger partial charge in [0.2, 0.25) is 5.95 Å². The van der Waals surface area contributed by atoms with Crippen LogP contribution in [0.5, 0.6) is 0 Å². The molecule has 3 aliphatic heterocycles. The Labute approximate surface area is 243 Å². The lowest BCUT2D eigenvalue weighted by molar-refractivity contribution is -0.141. The summed E-state index contributed by atoms with van der Waals surface area (Å²) >= 11 is 0. The van der Waals surface area contributed by atoms with Gasteiger partial charge in [0.25, 0.3) is 5.56 Å². The van der Waals surface area contributed by atoms with Gasteiger partial charge in [0.05, 0.1) is 5.69 Å². The van der Waals surface area contributed by atoms with E-state index in [2.05, 4.69) is 35.6 Å². The van der Waals surface area contributed by atoms with Crippen LogP contribution in [-0.2, 0) is 22.9 Å². The lowest BCUT2D eigenvalue weighted by Crippen LogP contribution is -2.44. The van der Waals surface area contributed by atoms with E-state index in [1.165, 1.54) is 6.20 Å². The van der Waals surface area contributed by atoms with Crippen molar-refractivity contribution in [1.82, 2.24) is 24.3 Å². The number of piperidine rings is 1. The van der Waals surface area contributed by atoms with Gasteiger partial charge in [-0.1, -0.05) is 20.8 Å². The van der Waals surface area contributed by atoms with Gasteiger partial charge in [-0.2, -0.15) is 23.3 Å². The molecule has 0 aliphatic carbocycles. The fraction of sp³-hybridized carbons (Fsp3) is 0.667. The Hall–Kier alpha value is -3.15. The SMILES string of the molecule is CCn1c(N2CCC3(CCN(c4ccnc(C(F)(F)F)c4)C3)CC2)nc2c(c(C(C)(C)C)nn2C2CCCCO2)c1=O. The van der Waals surface area contributed by atoms with Gasteiger partial charge in [0, 0.05) is 56.6 Å². The van der Waals surface area contributed by atoms with Gasteiger partial charge in [-0.3, -0.25) is 14.3 Å². The molecule has 3 fully saturated rings. The molecule has 9 nitrogen and oxygen atoms in total. The van der Waals surface area contributed by atoms with Crippen LogP contribution in [-0.4, -0.2) is 57.1 Å². The molecule has 1 spiro atoms. The monoisotopic (exact) mass is 587 g/mol. The van der Waals surface area contributed by atoms with Gasteiger partial charge < -0.3 is 14.5 Å². The smallest absolute Gasteiger partial charge is 0.371 e. The molecule has 1 unspecified atom stereocenters.